The van der Waals surface area contributed by atoms with Crippen LogP contribution in [0.1, 0.15) is 23.6 Å². The van der Waals surface area contributed by atoms with Crippen LogP contribution in [0.2, 0.25) is 5.02 Å². The molecular weight excluding hydrogens is 372 g/mol. The molecule has 0 heterocycles. The highest BCUT2D eigenvalue weighted by Gasteiger charge is 2.04. The Labute approximate surface area is 169 Å². The number of amides is 1. The first-order valence-electron chi connectivity index (χ1n) is 8.95. The van der Waals surface area contributed by atoms with Gasteiger partial charge in [0.15, 0.2) is 0 Å². The number of hydrazone groups is 1. The lowest BCUT2D eigenvalue weighted by atomic mass is 10.1. The van der Waals surface area contributed by atoms with Gasteiger partial charge in [-0.3, -0.25) is 4.79 Å². The summed E-state index contributed by atoms with van der Waals surface area (Å²) in [4.78, 5) is 12.0. The zero-order chi connectivity index (χ0) is 19.8. The van der Waals surface area contributed by atoms with Gasteiger partial charge in [0.2, 0.25) is 5.91 Å². The van der Waals surface area contributed by atoms with E-state index in [-0.39, 0.29) is 5.91 Å². The highest BCUT2D eigenvalue weighted by Crippen LogP contribution is 2.16. The molecule has 0 aliphatic carbocycles. The van der Waals surface area contributed by atoms with Crippen molar-refractivity contribution in [2.75, 3.05) is 0 Å². The molecule has 0 aliphatic heterocycles. The van der Waals surface area contributed by atoms with Gasteiger partial charge in [-0.15, -0.1) is 0 Å². The topological polar surface area (TPSA) is 50.7 Å². The van der Waals surface area contributed by atoms with E-state index < -0.39 is 0 Å². The van der Waals surface area contributed by atoms with E-state index in [4.69, 9.17) is 16.3 Å². The van der Waals surface area contributed by atoms with Gasteiger partial charge in [-0.2, -0.15) is 5.10 Å². The second-order valence-electron chi connectivity index (χ2n) is 6.33. The quantitative estimate of drug-likeness (QED) is 0.454. The number of carbonyl (C=O) groups is 1. The highest BCUT2D eigenvalue weighted by atomic mass is 35.5. The molecule has 3 aromatic rings. The lowest BCUT2D eigenvalue weighted by Gasteiger charge is -2.08. The highest BCUT2D eigenvalue weighted by molar-refractivity contribution is 6.30. The van der Waals surface area contributed by atoms with E-state index in [2.05, 4.69) is 10.5 Å². The normalized spacial score (nSPS) is 11.1. The number of hydrogen-bond acceptors (Lipinski definition) is 3. The van der Waals surface area contributed by atoms with Gasteiger partial charge in [-0.05, 0) is 60.0 Å². The van der Waals surface area contributed by atoms with Crippen LogP contribution < -0.4 is 10.2 Å². The molecule has 1 amide bonds. The van der Waals surface area contributed by atoms with Crippen LogP contribution in [0.4, 0.5) is 0 Å². The van der Waals surface area contributed by atoms with Crippen LogP contribution >= 0.6 is 11.6 Å². The number of hydrogen-bond donors (Lipinski definition) is 1. The maximum atomic E-state index is 12.0. The van der Waals surface area contributed by atoms with E-state index in [1.54, 1.807) is 0 Å². The number of carbonyl (C=O) groups excluding carboxylic acids is 1. The van der Waals surface area contributed by atoms with Crippen molar-refractivity contribution in [3.05, 3.63) is 101 Å². The Balaban J connectivity index is 1.52. The second-order valence-corrected chi connectivity index (χ2v) is 6.77. The molecule has 0 bridgehead atoms. The van der Waals surface area contributed by atoms with E-state index in [0.717, 1.165) is 28.2 Å². The number of nitrogens with one attached hydrogen (secondary N) is 1. The molecule has 0 saturated heterocycles. The molecule has 5 heteroatoms. The van der Waals surface area contributed by atoms with E-state index in [1.165, 1.54) is 0 Å². The number of benzene rings is 3. The van der Waals surface area contributed by atoms with Crippen LogP contribution in [-0.2, 0) is 17.8 Å². The van der Waals surface area contributed by atoms with Gasteiger partial charge in [0, 0.05) is 5.02 Å². The molecular formula is C23H21ClN2O2. The van der Waals surface area contributed by atoms with Crippen molar-refractivity contribution in [2.45, 2.75) is 20.0 Å². The van der Waals surface area contributed by atoms with Crippen LogP contribution in [0.5, 0.6) is 5.75 Å². The van der Waals surface area contributed by atoms with Crippen LogP contribution in [0.25, 0.3) is 0 Å². The van der Waals surface area contributed by atoms with Gasteiger partial charge < -0.3 is 4.74 Å². The van der Waals surface area contributed by atoms with Crippen molar-refractivity contribution in [1.29, 1.82) is 0 Å². The van der Waals surface area contributed by atoms with Gasteiger partial charge in [0.05, 0.1) is 12.1 Å². The summed E-state index contributed by atoms with van der Waals surface area (Å²) >= 11 is 5.88. The Kier molecular flexibility index (Phi) is 6.82. The van der Waals surface area contributed by atoms with Crippen molar-refractivity contribution in [3.63, 3.8) is 0 Å². The van der Waals surface area contributed by atoms with Crippen molar-refractivity contribution < 1.29 is 9.53 Å². The monoisotopic (exact) mass is 392 g/mol. The van der Waals surface area contributed by atoms with E-state index in [9.17, 15) is 4.79 Å². The predicted molar refractivity (Wildman–Crippen MR) is 113 cm³/mol. The van der Waals surface area contributed by atoms with E-state index in [0.29, 0.717) is 18.1 Å². The summed E-state index contributed by atoms with van der Waals surface area (Å²) in [5.74, 6) is 0.619. The van der Waals surface area contributed by atoms with Gasteiger partial charge in [-0.25, -0.2) is 5.43 Å². The zero-order valence-electron chi connectivity index (χ0n) is 15.6. The summed E-state index contributed by atoms with van der Waals surface area (Å²) in [6.07, 6.45) is 0.301. The Bertz CT molecular complexity index is 937. The minimum atomic E-state index is -0.145. The molecule has 3 aromatic carbocycles. The third-order valence-electron chi connectivity index (χ3n) is 4.15. The fraction of sp³-hybridized carbons (Fsp3) is 0.130. The van der Waals surface area contributed by atoms with Gasteiger partial charge in [0.1, 0.15) is 12.4 Å². The molecule has 0 fully saturated rings. The number of ether oxygens (including phenoxy) is 1. The number of rotatable bonds is 7. The fourth-order valence-corrected chi connectivity index (χ4v) is 2.70. The Morgan fingerprint density at radius 2 is 1.61 bits per heavy atom. The molecule has 3 rings (SSSR count). The van der Waals surface area contributed by atoms with Gasteiger partial charge >= 0.3 is 0 Å². The zero-order valence-corrected chi connectivity index (χ0v) is 16.3. The molecule has 28 heavy (non-hydrogen) atoms. The minimum absolute atomic E-state index is 0.145. The predicted octanol–water partition coefficient (Wildman–Crippen LogP) is 5.00. The number of halogens is 1. The van der Waals surface area contributed by atoms with Crippen molar-refractivity contribution >= 4 is 23.2 Å². The summed E-state index contributed by atoms with van der Waals surface area (Å²) in [5, 5.41) is 4.89. The lowest BCUT2D eigenvalue weighted by molar-refractivity contribution is -0.120. The maximum Gasteiger partial charge on any atom is 0.244 e. The SMILES string of the molecule is C/C(=N/NC(=O)Cc1ccccc1)c1ccc(OCc2ccc(Cl)cc2)cc1. The standard InChI is InChI=1S/C23H21ClN2O2/c1-17(25-26-23(27)15-18-5-3-2-4-6-18)20-9-13-22(14-10-20)28-16-19-7-11-21(24)12-8-19/h2-14H,15-16H2,1H3,(H,26,27)/b25-17-. The molecule has 142 valence electrons. The Morgan fingerprint density at radius 1 is 0.929 bits per heavy atom. The fourth-order valence-electron chi connectivity index (χ4n) is 2.57. The van der Waals surface area contributed by atoms with E-state index >= 15 is 0 Å². The third-order valence-corrected chi connectivity index (χ3v) is 4.40. The molecule has 0 aromatic heterocycles. The van der Waals surface area contributed by atoms with E-state index in [1.807, 2.05) is 85.8 Å². The van der Waals surface area contributed by atoms with Crippen molar-refractivity contribution in [3.8, 4) is 5.75 Å². The summed E-state index contributed by atoms with van der Waals surface area (Å²) in [7, 11) is 0. The molecule has 0 unspecified atom stereocenters. The van der Waals surface area contributed by atoms with Crippen molar-refractivity contribution in [1.82, 2.24) is 5.43 Å². The summed E-state index contributed by atoms with van der Waals surface area (Å²) in [6, 6.07) is 24.7. The molecule has 0 atom stereocenters. The van der Waals surface area contributed by atoms with Crippen LogP contribution in [0, 0.1) is 0 Å². The molecule has 0 aliphatic rings. The average molecular weight is 393 g/mol. The van der Waals surface area contributed by atoms with Crippen LogP contribution in [-0.4, -0.2) is 11.6 Å². The molecule has 1 N–H and O–H groups in total. The molecule has 0 saturated carbocycles. The maximum absolute atomic E-state index is 12.0. The van der Waals surface area contributed by atoms with Crippen molar-refractivity contribution in [2.24, 2.45) is 5.10 Å². The third kappa shape index (κ3) is 5.96. The van der Waals surface area contributed by atoms with Crippen LogP contribution in [0.3, 0.4) is 0 Å². The van der Waals surface area contributed by atoms with Crippen LogP contribution in [0.15, 0.2) is 84.0 Å². The first-order chi connectivity index (χ1) is 13.6. The second kappa shape index (κ2) is 9.72. The first-order valence-corrected chi connectivity index (χ1v) is 9.33. The number of nitrogens with zero attached hydrogens (tertiary/aromatic N) is 1. The van der Waals surface area contributed by atoms with Gasteiger partial charge in [0.25, 0.3) is 0 Å². The summed E-state index contributed by atoms with van der Waals surface area (Å²) in [6.45, 7) is 2.32. The average Bonchev–Trinajstić information content (AvgIpc) is 2.73. The lowest BCUT2D eigenvalue weighted by Crippen LogP contribution is -2.21. The minimum Gasteiger partial charge on any atom is -0.489 e. The summed E-state index contributed by atoms with van der Waals surface area (Å²) < 4.78 is 5.78. The van der Waals surface area contributed by atoms with Gasteiger partial charge in [-0.1, -0.05) is 54.1 Å². The Hall–Kier alpha value is -3.11. The summed E-state index contributed by atoms with van der Waals surface area (Å²) in [5.41, 5.74) is 6.25. The molecule has 0 radical (unpaired) electrons. The smallest absolute Gasteiger partial charge is 0.244 e. The molecule has 4 nitrogen and oxygen atoms in total. The largest absolute Gasteiger partial charge is 0.489 e. The first kappa shape index (κ1) is 19.6. The Morgan fingerprint density at radius 3 is 2.29 bits per heavy atom. The molecule has 0 spiro atoms.